The average Bonchev–Trinajstić information content (AvgIpc) is 2.74. The summed E-state index contributed by atoms with van der Waals surface area (Å²) in [6.07, 6.45) is 0. The maximum Gasteiger partial charge on any atom is 0.226 e. The van der Waals surface area contributed by atoms with Gasteiger partial charge in [-0.25, -0.2) is 9.83 Å². The first kappa shape index (κ1) is 16.9. The largest absolute Gasteiger partial charge is 0.238 e. The number of benzene rings is 3. The van der Waals surface area contributed by atoms with E-state index in [0.717, 1.165) is 22.3 Å². The van der Waals surface area contributed by atoms with Gasteiger partial charge in [0, 0.05) is 11.1 Å². The van der Waals surface area contributed by atoms with Gasteiger partial charge in [0.1, 0.15) is 0 Å². The standard InChI is InChI=1S/C22H13ClN4/c1-24-19-13-11-16(12-14-19)15-7-9-18(10-8-15)21-25-20(26-22(23)27-21)17-5-3-2-4-6-17/h2-14H. The summed E-state index contributed by atoms with van der Waals surface area (Å²) in [5.74, 6) is 1.08. The van der Waals surface area contributed by atoms with E-state index < -0.39 is 0 Å². The molecular formula is C22H13ClN4. The lowest BCUT2D eigenvalue weighted by Gasteiger charge is -2.06. The van der Waals surface area contributed by atoms with Crippen LogP contribution in [-0.2, 0) is 0 Å². The Morgan fingerprint density at radius 1 is 0.593 bits per heavy atom. The Kier molecular flexibility index (Phi) is 4.61. The predicted octanol–water partition coefficient (Wildman–Crippen LogP) is 6.08. The SMILES string of the molecule is [C-]#[N+]c1ccc(-c2ccc(-c3nc(Cl)nc(-c4ccccc4)n3)cc2)cc1. The van der Waals surface area contributed by atoms with Crippen molar-refractivity contribution in [1.29, 1.82) is 0 Å². The summed E-state index contributed by atoms with van der Waals surface area (Å²) in [7, 11) is 0. The van der Waals surface area contributed by atoms with Crippen LogP contribution in [0.5, 0.6) is 0 Å². The van der Waals surface area contributed by atoms with Crippen LogP contribution in [0.2, 0.25) is 5.28 Å². The molecule has 1 heterocycles. The summed E-state index contributed by atoms with van der Waals surface area (Å²) in [6.45, 7) is 7.03. The zero-order chi connectivity index (χ0) is 18.6. The molecule has 0 bridgehead atoms. The van der Waals surface area contributed by atoms with E-state index in [9.17, 15) is 0 Å². The van der Waals surface area contributed by atoms with Crippen molar-refractivity contribution in [3.05, 3.63) is 95.6 Å². The number of nitrogens with zero attached hydrogens (tertiary/aromatic N) is 4. The first-order valence-electron chi connectivity index (χ1n) is 8.28. The number of hydrogen-bond acceptors (Lipinski definition) is 3. The fourth-order valence-corrected chi connectivity index (χ4v) is 2.90. The highest BCUT2D eigenvalue weighted by Crippen LogP contribution is 2.26. The molecule has 5 heteroatoms. The third-order valence-electron chi connectivity index (χ3n) is 4.11. The van der Waals surface area contributed by atoms with Crippen LogP contribution in [0.25, 0.3) is 38.7 Å². The second-order valence-corrected chi connectivity index (χ2v) is 6.19. The Morgan fingerprint density at radius 3 is 1.63 bits per heavy atom. The summed E-state index contributed by atoms with van der Waals surface area (Å²) < 4.78 is 0. The molecule has 0 saturated heterocycles. The van der Waals surface area contributed by atoms with Gasteiger partial charge in [-0.15, -0.1) is 0 Å². The highest BCUT2D eigenvalue weighted by Gasteiger charge is 2.09. The zero-order valence-electron chi connectivity index (χ0n) is 14.2. The van der Waals surface area contributed by atoms with Gasteiger partial charge in [-0.3, -0.25) is 0 Å². The van der Waals surface area contributed by atoms with Crippen LogP contribution in [0.15, 0.2) is 78.9 Å². The van der Waals surface area contributed by atoms with Crippen LogP contribution in [-0.4, -0.2) is 15.0 Å². The molecule has 0 N–H and O–H groups in total. The van der Waals surface area contributed by atoms with Crippen molar-refractivity contribution in [1.82, 2.24) is 15.0 Å². The molecule has 0 aliphatic rings. The number of aromatic nitrogens is 3. The Hall–Kier alpha value is -3.55. The molecule has 0 saturated carbocycles. The van der Waals surface area contributed by atoms with E-state index in [1.54, 1.807) is 0 Å². The van der Waals surface area contributed by atoms with E-state index in [1.807, 2.05) is 78.9 Å². The minimum absolute atomic E-state index is 0.165. The van der Waals surface area contributed by atoms with E-state index >= 15 is 0 Å². The minimum Gasteiger partial charge on any atom is -0.238 e. The zero-order valence-corrected chi connectivity index (χ0v) is 14.9. The molecule has 1 aromatic heterocycles. The smallest absolute Gasteiger partial charge is 0.226 e. The third-order valence-corrected chi connectivity index (χ3v) is 4.28. The van der Waals surface area contributed by atoms with Gasteiger partial charge < -0.3 is 0 Å². The van der Waals surface area contributed by atoms with Crippen LogP contribution in [0, 0.1) is 6.57 Å². The van der Waals surface area contributed by atoms with Gasteiger partial charge in [0.15, 0.2) is 17.3 Å². The fourth-order valence-electron chi connectivity index (χ4n) is 2.74. The molecule has 0 aliphatic carbocycles. The van der Waals surface area contributed by atoms with E-state index in [0.29, 0.717) is 17.3 Å². The van der Waals surface area contributed by atoms with Crippen molar-refractivity contribution < 1.29 is 0 Å². The van der Waals surface area contributed by atoms with Gasteiger partial charge in [0.05, 0.1) is 6.57 Å². The second-order valence-electron chi connectivity index (χ2n) is 5.85. The topological polar surface area (TPSA) is 43.0 Å². The van der Waals surface area contributed by atoms with Gasteiger partial charge >= 0.3 is 0 Å². The molecule has 0 radical (unpaired) electrons. The molecule has 4 rings (SSSR count). The summed E-state index contributed by atoms with van der Waals surface area (Å²) in [4.78, 5) is 16.5. The van der Waals surface area contributed by atoms with Crippen molar-refractivity contribution in [3.63, 3.8) is 0 Å². The van der Waals surface area contributed by atoms with Crippen LogP contribution in [0.4, 0.5) is 5.69 Å². The molecule has 0 aliphatic heterocycles. The molecule has 128 valence electrons. The summed E-state index contributed by atoms with van der Waals surface area (Å²) in [6, 6.07) is 25.1. The van der Waals surface area contributed by atoms with Gasteiger partial charge in [-0.1, -0.05) is 78.9 Å². The quantitative estimate of drug-likeness (QED) is 0.412. The van der Waals surface area contributed by atoms with Crippen LogP contribution in [0.3, 0.4) is 0 Å². The van der Waals surface area contributed by atoms with Crippen LogP contribution >= 0.6 is 11.6 Å². The van der Waals surface area contributed by atoms with Crippen molar-refractivity contribution in [2.45, 2.75) is 0 Å². The molecule has 0 fully saturated rings. The lowest BCUT2D eigenvalue weighted by atomic mass is 10.0. The summed E-state index contributed by atoms with van der Waals surface area (Å²) >= 11 is 6.12. The summed E-state index contributed by atoms with van der Waals surface area (Å²) in [5.41, 5.74) is 4.48. The van der Waals surface area contributed by atoms with E-state index in [-0.39, 0.29) is 5.28 Å². The van der Waals surface area contributed by atoms with Crippen molar-refractivity contribution >= 4 is 17.3 Å². The Labute approximate surface area is 162 Å². The molecule has 0 atom stereocenters. The molecule has 0 amide bonds. The number of halogens is 1. The maximum absolute atomic E-state index is 7.03. The van der Waals surface area contributed by atoms with Crippen molar-refractivity contribution in [2.75, 3.05) is 0 Å². The molecule has 0 spiro atoms. The first-order chi connectivity index (χ1) is 13.2. The molecular weight excluding hydrogens is 356 g/mol. The van der Waals surface area contributed by atoms with Crippen molar-refractivity contribution in [3.8, 4) is 33.9 Å². The number of rotatable bonds is 3. The Morgan fingerprint density at radius 2 is 1.07 bits per heavy atom. The fraction of sp³-hybridized carbons (Fsp3) is 0. The first-order valence-corrected chi connectivity index (χ1v) is 8.66. The third kappa shape index (κ3) is 3.69. The lowest BCUT2D eigenvalue weighted by Crippen LogP contribution is -1.97. The van der Waals surface area contributed by atoms with Crippen molar-refractivity contribution in [2.24, 2.45) is 0 Å². The Bertz CT molecular complexity index is 1120. The molecule has 4 aromatic rings. The van der Waals surface area contributed by atoms with E-state index in [4.69, 9.17) is 18.2 Å². The minimum atomic E-state index is 0.165. The lowest BCUT2D eigenvalue weighted by molar-refractivity contribution is 1.07. The second kappa shape index (κ2) is 7.36. The van der Waals surface area contributed by atoms with E-state index in [1.165, 1.54) is 0 Å². The number of hydrogen-bond donors (Lipinski definition) is 0. The monoisotopic (exact) mass is 368 g/mol. The Balaban J connectivity index is 1.68. The molecule has 27 heavy (non-hydrogen) atoms. The highest BCUT2D eigenvalue weighted by molar-refractivity contribution is 6.28. The van der Waals surface area contributed by atoms with Crippen LogP contribution in [0.1, 0.15) is 0 Å². The van der Waals surface area contributed by atoms with E-state index in [2.05, 4.69) is 19.8 Å². The molecule has 4 nitrogen and oxygen atoms in total. The summed E-state index contributed by atoms with van der Waals surface area (Å²) in [5, 5.41) is 0.165. The van der Waals surface area contributed by atoms with Crippen LogP contribution < -0.4 is 0 Å². The maximum atomic E-state index is 7.03. The normalized spacial score (nSPS) is 10.4. The molecule has 3 aromatic carbocycles. The van der Waals surface area contributed by atoms with Gasteiger partial charge in [0.2, 0.25) is 5.28 Å². The average molecular weight is 369 g/mol. The van der Waals surface area contributed by atoms with Gasteiger partial charge in [0.25, 0.3) is 0 Å². The molecule has 0 unspecified atom stereocenters. The van der Waals surface area contributed by atoms with Gasteiger partial charge in [-0.05, 0) is 22.7 Å². The predicted molar refractivity (Wildman–Crippen MR) is 107 cm³/mol. The van der Waals surface area contributed by atoms with Gasteiger partial charge in [-0.2, -0.15) is 9.97 Å². The highest BCUT2D eigenvalue weighted by atomic mass is 35.5.